The summed E-state index contributed by atoms with van der Waals surface area (Å²) in [5.41, 5.74) is 1.04. The van der Waals surface area contributed by atoms with Crippen LogP contribution < -0.4 is 5.32 Å². The Kier molecular flexibility index (Phi) is 2.45. The first-order chi connectivity index (χ1) is 6.75. The Morgan fingerprint density at radius 2 is 2.43 bits per heavy atom. The van der Waals surface area contributed by atoms with Gasteiger partial charge in [-0.3, -0.25) is 0 Å². The van der Waals surface area contributed by atoms with Crippen LogP contribution in [-0.2, 0) is 13.6 Å². The molecule has 0 aliphatic heterocycles. The number of hydrogen-bond acceptors (Lipinski definition) is 5. The molecule has 0 unspecified atom stereocenters. The van der Waals surface area contributed by atoms with E-state index in [1.54, 1.807) is 17.7 Å². The molecule has 0 atom stereocenters. The zero-order valence-corrected chi connectivity index (χ0v) is 8.88. The van der Waals surface area contributed by atoms with E-state index in [2.05, 4.69) is 20.5 Å². The lowest BCUT2D eigenvalue weighted by atomic mass is 10.6. The number of nitrogens with zero attached hydrogens (tertiary/aromatic N) is 4. The molecule has 2 aromatic heterocycles. The summed E-state index contributed by atoms with van der Waals surface area (Å²) >= 11 is 1.60. The van der Waals surface area contributed by atoms with Crippen molar-refractivity contribution in [3.8, 4) is 0 Å². The Bertz CT molecular complexity index is 419. The molecular formula is C8H11N5S. The number of rotatable bonds is 3. The van der Waals surface area contributed by atoms with Gasteiger partial charge in [0.25, 0.3) is 0 Å². The number of thiazole rings is 1. The first-order valence-electron chi connectivity index (χ1n) is 4.24. The molecule has 5 nitrogen and oxygen atoms in total. The SMILES string of the molecule is Cc1csc(NCc2nncn2C)n1. The maximum Gasteiger partial charge on any atom is 0.183 e. The summed E-state index contributed by atoms with van der Waals surface area (Å²) in [6, 6.07) is 0. The summed E-state index contributed by atoms with van der Waals surface area (Å²) in [5, 5.41) is 13.9. The minimum Gasteiger partial charge on any atom is -0.354 e. The van der Waals surface area contributed by atoms with E-state index in [0.717, 1.165) is 16.6 Å². The van der Waals surface area contributed by atoms with Gasteiger partial charge >= 0.3 is 0 Å². The normalized spacial score (nSPS) is 10.4. The Balaban J connectivity index is 1.98. The van der Waals surface area contributed by atoms with E-state index < -0.39 is 0 Å². The molecule has 0 saturated heterocycles. The zero-order valence-electron chi connectivity index (χ0n) is 8.06. The monoisotopic (exact) mass is 209 g/mol. The van der Waals surface area contributed by atoms with Crippen molar-refractivity contribution in [3.63, 3.8) is 0 Å². The Morgan fingerprint density at radius 3 is 3.00 bits per heavy atom. The lowest BCUT2D eigenvalue weighted by Gasteiger charge is -2.00. The molecule has 0 aliphatic carbocycles. The lowest BCUT2D eigenvalue weighted by Crippen LogP contribution is -2.05. The van der Waals surface area contributed by atoms with Crippen LogP contribution in [0.1, 0.15) is 11.5 Å². The maximum atomic E-state index is 4.29. The molecule has 6 heteroatoms. The van der Waals surface area contributed by atoms with E-state index >= 15 is 0 Å². The molecule has 0 aromatic carbocycles. The largest absolute Gasteiger partial charge is 0.354 e. The molecule has 2 aromatic rings. The van der Waals surface area contributed by atoms with Crippen LogP contribution in [0.4, 0.5) is 5.13 Å². The van der Waals surface area contributed by atoms with Crippen molar-refractivity contribution in [3.05, 3.63) is 23.2 Å². The Labute approximate surface area is 85.8 Å². The minimum atomic E-state index is 0.656. The summed E-state index contributed by atoms with van der Waals surface area (Å²) in [7, 11) is 1.92. The van der Waals surface area contributed by atoms with E-state index in [1.807, 2.05) is 23.9 Å². The topological polar surface area (TPSA) is 55.6 Å². The van der Waals surface area contributed by atoms with Crippen LogP contribution in [0.25, 0.3) is 0 Å². The molecule has 2 heterocycles. The second-order valence-electron chi connectivity index (χ2n) is 3.01. The summed E-state index contributed by atoms with van der Waals surface area (Å²) in [6.07, 6.45) is 1.68. The van der Waals surface area contributed by atoms with E-state index in [4.69, 9.17) is 0 Å². The minimum absolute atomic E-state index is 0.656. The summed E-state index contributed by atoms with van der Waals surface area (Å²) in [4.78, 5) is 4.29. The van der Waals surface area contributed by atoms with Crippen molar-refractivity contribution in [2.75, 3.05) is 5.32 Å². The van der Waals surface area contributed by atoms with Crippen LogP contribution in [0.3, 0.4) is 0 Å². The average Bonchev–Trinajstić information content (AvgIpc) is 2.72. The van der Waals surface area contributed by atoms with Gasteiger partial charge < -0.3 is 9.88 Å². The smallest absolute Gasteiger partial charge is 0.183 e. The first-order valence-corrected chi connectivity index (χ1v) is 5.12. The third-order valence-electron chi connectivity index (χ3n) is 1.82. The van der Waals surface area contributed by atoms with Crippen LogP contribution >= 0.6 is 11.3 Å². The number of aryl methyl sites for hydroxylation is 2. The zero-order chi connectivity index (χ0) is 9.97. The highest BCUT2D eigenvalue weighted by Crippen LogP contribution is 2.14. The third-order valence-corrected chi connectivity index (χ3v) is 2.74. The quantitative estimate of drug-likeness (QED) is 0.825. The van der Waals surface area contributed by atoms with E-state index in [1.165, 1.54) is 0 Å². The second kappa shape index (κ2) is 3.75. The van der Waals surface area contributed by atoms with Gasteiger partial charge in [-0.1, -0.05) is 0 Å². The van der Waals surface area contributed by atoms with Crippen molar-refractivity contribution < 1.29 is 0 Å². The predicted octanol–water partition coefficient (Wildman–Crippen LogP) is 1.19. The van der Waals surface area contributed by atoms with E-state index in [9.17, 15) is 0 Å². The standard InChI is InChI=1S/C8H11N5S/c1-6-4-14-8(11-6)9-3-7-12-10-5-13(7)2/h4-5H,3H2,1-2H3,(H,9,11). The molecule has 14 heavy (non-hydrogen) atoms. The highest BCUT2D eigenvalue weighted by Gasteiger charge is 2.01. The fourth-order valence-corrected chi connectivity index (χ4v) is 1.74. The van der Waals surface area contributed by atoms with E-state index in [-0.39, 0.29) is 0 Å². The van der Waals surface area contributed by atoms with Crippen LogP contribution in [0.2, 0.25) is 0 Å². The predicted molar refractivity (Wildman–Crippen MR) is 55.2 cm³/mol. The van der Waals surface area contributed by atoms with Crippen LogP contribution in [-0.4, -0.2) is 19.7 Å². The van der Waals surface area contributed by atoms with Crippen molar-refractivity contribution in [1.29, 1.82) is 0 Å². The lowest BCUT2D eigenvalue weighted by molar-refractivity contribution is 0.811. The van der Waals surface area contributed by atoms with Gasteiger partial charge in [-0.2, -0.15) is 0 Å². The second-order valence-corrected chi connectivity index (χ2v) is 3.86. The summed E-state index contributed by atoms with van der Waals surface area (Å²) in [6.45, 7) is 2.63. The van der Waals surface area contributed by atoms with Gasteiger partial charge in [-0.05, 0) is 6.92 Å². The van der Waals surface area contributed by atoms with Crippen LogP contribution in [0.15, 0.2) is 11.7 Å². The number of nitrogens with one attached hydrogen (secondary N) is 1. The molecule has 0 aliphatic rings. The average molecular weight is 209 g/mol. The third kappa shape index (κ3) is 1.90. The van der Waals surface area contributed by atoms with Gasteiger partial charge in [0, 0.05) is 12.4 Å². The highest BCUT2D eigenvalue weighted by atomic mass is 32.1. The molecule has 0 saturated carbocycles. The fraction of sp³-hybridized carbons (Fsp3) is 0.375. The first kappa shape index (κ1) is 9.14. The Hall–Kier alpha value is -1.43. The van der Waals surface area contributed by atoms with Crippen molar-refractivity contribution >= 4 is 16.5 Å². The highest BCUT2D eigenvalue weighted by molar-refractivity contribution is 7.13. The number of anilines is 1. The van der Waals surface area contributed by atoms with Crippen molar-refractivity contribution in [1.82, 2.24) is 19.7 Å². The molecular weight excluding hydrogens is 198 g/mol. The van der Waals surface area contributed by atoms with E-state index in [0.29, 0.717) is 6.54 Å². The molecule has 2 rings (SSSR count). The molecule has 74 valence electrons. The Morgan fingerprint density at radius 1 is 1.57 bits per heavy atom. The molecule has 1 N–H and O–H groups in total. The molecule has 0 amide bonds. The number of hydrogen-bond donors (Lipinski definition) is 1. The fourth-order valence-electron chi connectivity index (χ4n) is 1.06. The van der Waals surface area contributed by atoms with Gasteiger partial charge in [0.05, 0.1) is 12.2 Å². The summed E-state index contributed by atoms with van der Waals surface area (Å²) < 4.78 is 1.88. The van der Waals surface area contributed by atoms with Crippen molar-refractivity contribution in [2.45, 2.75) is 13.5 Å². The number of aromatic nitrogens is 4. The van der Waals surface area contributed by atoms with Gasteiger partial charge in [-0.25, -0.2) is 4.98 Å². The molecule has 0 radical (unpaired) electrons. The van der Waals surface area contributed by atoms with Gasteiger partial charge in [-0.15, -0.1) is 21.5 Å². The molecule has 0 fully saturated rings. The maximum absolute atomic E-state index is 4.29. The van der Waals surface area contributed by atoms with Crippen molar-refractivity contribution in [2.24, 2.45) is 7.05 Å². The van der Waals surface area contributed by atoms with Gasteiger partial charge in [0.2, 0.25) is 0 Å². The van der Waals surface area contributed by atoms with Crippen LogP contribution in [0.5, 0.6) is 0 Å². The summed E-state index contributed by atoms with van der Waals surface area (Å²) in [5.74, 6) is 0.901. The molecule has 0 spiro atoms. The molecule has 0 bridgehead atoms. The van der Waals surface area contributed by atoms with Crippen LogP contribution in [0, 0.1) is 6.92 Å². The van der Waals surface area contributed by atoms with Gasteiger partial charge in [0.15, 0.2) is 11.0 Å². The van der Waals surface area contributed by atoms with Gasteiger partial charge in [0.1, 0.15) is 6.33 Å².